The van der Waals surface area contributed by atoms with Crippen LogP contribution in [0.15, 0.2) is 0 Å². The second-order valence-electron chi connectivity index (χ2n) is 2.27. The number of carbonyl (C=O) groups excluding carboxylic acids is 1. The summed E-state index contributed by atoms with van der Waals surface area (Å²) in [6.07, 6.45) is 0.523. The molecule has 4 heteroatoms. The number of rotatable bonds is 2. The Labute approximate surface area is 69.4 Å². The summed E-state index contributed by atoms with van der Waals surface area (Å²) in [5.41, 5.74) is 0. The van der Waals surface area contributed by atoms with Gasteiger partial charge < -0.3 is 4.74 Å². The van der Waals surface area contributed by atoms with Gasteiger partial charge in [0.25, 0.3) is 0 Å². The lowest BCUT2D eigenvalue weighted by molar-refractivity contribution is -0.144. The van der Waals surface area contributed by atoms with E-state index in [1.807, 2.05) is 0 Å². The largest absolute Gasteiger partial charge is 0.466 e. The van der Waals surface area contributed by atoms with Crippen LogP contribution in [0.3, 0.4) is 0 Å². The topological polar surface area (TPSA) is 26.3 Å². The Kier molecular flexibility index (Phi) is 2.11. The zero-order valence-electron chi connectivity index (χ0n) is 5.56. The summed E-state index contributed by atoms with van der Waals surface area (Å²) < 4.78 is 3.85. The minimum Gasteiger partial charge on any atom is -0.466 e. The number of esters is 1. The van der Waals surface area contributed by atoms with Gasteiger partial charge in [0.15, 0.2) is 0 Å². The highest BCUT2D eigenvalue weighted by Crippen LogP contribution is 2.53. The SMILES string of the molecule is CCOC(=O)C1CC1(Cl)Cl. The maximum absolute atomic E-state index is 10.8. The van der Waals surface area contributed by atoms with Crippen molar-refractivity contribution in [1.29, 1.82) is 0 Å². The summed E-state index contributed by atoms with van der Waals surface area (Å²) in [6.45, 7) is 2.14. The van der Waals surface area contributed by atoms with E-state index in [0.717, 1.165) is 0 Å². The third-order valence-electron chi connectivity index (χ3n) is 1.40. The fourth-order valence-electron chi connectivity index (χ4n) is 0.712. The van der Waals surface area contributed by atoms with E-state index < -0.39 is 4.33 Å². The minimum absolute atomic E-state index is 0.285. The summed E-state index contributed by atoms with van der Waals surface area (Å²) in [6, 6.07) is 0. The van der Waals surface area contributed by atoms with Crippen molar-refractivity contribution >= 4 is 29.2 Å². The molecule has 0 bridgehead atoms. The van der Waals surface area contributed by atoms with Gasteiger partial charge in [-0.15, -0.1) is 23.2 Å². The van der Waals surface area contributed by atoms with Gasteiger partial charge in [-0.05, 0) is 13.3 Å². The first-order valence-electron chi connectivity index (χ1n) is 3.12. The molecule has 2 nitrogen and oxygen atoms in total. The van der Waals surface area contributed by atoms with E-state index in [9.17, 15) is 4.79 Å². The molecule has 58 valence electrons. The molecule has 1 rings (SSSR count). The molecule has 1 atom stereocenters. The minimum atomic E-state index is -0.841. The van der Waals surface area contributed by atoms with Gasteiger partial charge in [0, 0.05) is 0 Å². The number of hydrogen-bond acceptors (Lipinski definition) is 2. The van der Waals surface area contributed by atoms with Crippen molar-refractivity contribution in [2.45, 2.75) is 17.7 Å². The molecule has 0 aromatic carbocycles. The molecule has 0 heterocycles. The second kappa shape index (κ2) is 2.59. The quantitative estimate of drug-likeness (QED) is 0.481. The van der Waals surface area contributed by atoms with Crippen LogP contribution in [0.4, 0.5) is 0 Å². The molecule has 0 N–H and O–H groups in total. The smallest absolute Gasteiger partial charge is 0.312 e. The van der Waals surface area contributed by atoms with Crippen LogP contribution in [0, 0.1) is 5.92 Å². The van der Waals surface area contributed by atoms with Crippen molar-refractivity contribution < 1.29 is 9.53 Å². The van der Waals surface area contributed by atoms with Gasteiger partial charge in [-0.25, -0.2) is 0 Å². The molecule has 10 heavy (non-hydrogen) atoms. The Balaban J connectivity index is 2.33. The number of alkyl halides is 2. The molecule has 0 saturated heterocycles. The first-order chi connectivity index (χ1) is 4.58. The third kappa shape index (κ3) is 1.55. The fourth-order valence-corrected chi connectivity index (χ4v) is 1.20. The Bertz CT molecular complexity index is 156. The van der Waals surface area contributed by atoms with Crippen molar-refractivity contribution in [1.82, 2.24) is 0 Å². The Hall–Kier alpha value is 0.0500. The number of halogens is 2. The average Bonchev–Trinajstić information content (AvgIpc) is 2.41. The van der Waals surface area contributed by atoms with Crippen LogP contribution in [0.25, 0.3) is 0 Å². The summed E-state index contributed by atoms with van der Waals surface area (Å²) in [5, 5.41) is 0. The van der Waals surface area contributed by atoms with E-state index in [-0.39, 0.29) is 11.9 Å². The highest BCUT2D eigenvalue weighted by Gasteiger charge is 2.57. The van der Waals surface area contributed by atoms with Crippen molar-refractivity contribution in [2.75, 3.05) is 6.61 Å². The van der Waals surface area contributed by atoms with E-state index >= 15 is 0 Å². The van der Waals surface area contributed by atoms with E-state index in [1.165, 1.54) is 0 Å². The van der Waals surface area contributed by atoms with Crippen LogP contribution in [0.2, 0.25) is 0 Å². The van der Waals surface area contributed by atoms with Gasteiger partial charge in [0.1, 0.15) is 4.33 Å². The van der Waals surface area contributed by atoms with Crippen LogP contribution < -0.4 is 0 Å². The van der Waals surface area contributed by atoms with Crippen LogP contribution >= 0.6 is 23.2 Å². The van der Waals surface area contributed by atoms with Crippen LogP contribution in [0.1, 0.15) is 13.3 Å². The molecule has 1 aliphatic rings. The summed E-state index contributed by atoms with van der Waals surface area (Å²) in [5.74, 6) is -0.580. The predicted octanol–water partition coefficient (Wildman–Crippen LogP) is 1.74. The Morgan fingerprint density at radius 1 is 1.80 bits per heavy atom. The molecule has 1 aliphatic carbocycles. The summed E-state index contributed by atoms with van der Waals surface area (Å²) >= 11 is 11.2. The Morgan fingerprint density at radius 2 is 2.30 bits per heavy atom. The van der Waals surface area contributed by atoms with Gasteiger partial charge in [0.2, 0.25) is 0 Å². The third-order valence-corrected chi connectivity index (χ3v) is 2.23. The number of hydrogen-bond donors (Lipinski definition) is 0. The Morgan fingerprint density at radius 3 is 2.60 bits per heavy atom. The molecule has 0 aromatic heterocycles. The zero-order valence-corrected chi connectivity index (χ0v) is 7.08. The van der Waals surface area contributed by atoms with Gasteiger partial charge in [0.05, 0.1) is 12.5 Å². The molecule has 0 radical (unpaired) electrons. The number of carbonyl (C=O) groups is 1. The average molecular weight is 183 g/mol. The van der Waals surface area contributed by atoms with Gasteiger partial charge in [-0.2, -0.15) is 0 Å². The summed E-state index contributed by atoms with van der Waals surface area (Å²) in [7, 11) is 0. The van der Waals surface area contributed by atoms with Crippen LogP contribution in [-0.2, 0) is 9.53 Å². The fraction of sp³-hybridized carbons (Fsp3) is 0.833. The molecular formula is C6H8Cl2O2. The van der Waals surface area contributed by atoms with E-state index in [4.69, 9.17) is 27.9 Å². The van der Waals surface area contributed by atoms with Crippen LogP contribution in [0.5, 0.6) is 0 Å². The lowest BCUT2D eigenvalue weighted by atomic mass is 10.4. The molecule has 0 amide bonds. The van der Waals surface area contributed by atoms with Gasteiger partial charge in [-0.3, -0.25) is 4.79 Å². The molecule has 1 unspecified atom stereocenters. The first-order valence-corrected chi connectivity index (χ1v) is 3.88. The standard InChI is InChI=1S/C6H8Cl2O2/c1-2-10-5(9)4-3-6(4,7)8/h4H,2-3H2,1H3. The molecular weight excluding hydrogens is 175 g/mol. The lowest BCUT2D eigenvalue weighted by Crippen LogP contribution is -2.10. The van der Waals surface area contributed by atoms with E-state index in [2.05, 4.69) is 0 Å². The van der Waals surface area contributed by atoms with E-state index in [0.29, 0.717) is 13.0 Å². The highest BCUT2D eigenvalue weighted by atomic mass is 35.5. The highest BCUT2D eigenvalue weighted by molar-refractivity contribution is 6.52. The predicted molar refractivity (Wildman–Crippen MR) is 39.2 cm³/mol. The summed E-state index contributed by atoms with van der Waals surface area (Å²) in [4.78, 5) is 10.8. The molecule has 0 aliphatic heterocycles. The maximum Gasteiger partial charge on any atom is 0.312 e. The molecule has 1 fully saturated rings. The van der Waals surface area contributed by atoms with Crippen LogP contribution in [-0.4, -0.2) is 16.9 Å². The number of ether oxygens (including phenoxy) is 1. The van der Waals surface area contributed by atoms with Crippen molar-refractivity contribution in [2.24, 2.45) is 5.92 Å². The maximum atomic E-state index is 10.8. The molecule has 1 saturated carbocycles. The first kappa shape index (κ1) is 8.15. The second-order valence-corrected chi connectivity index (χ2v) is 3.81. The normalized spacial score (nSPS) is 27.7. The van der Waals surface area contributed by atoms with Gasteiger partial charge in [-0.1, -0.05) is 0 Å². The van der Waals surface area contributed by atoms with Crippen molar-refractivity contribution in [3.63, 3.8) is 0 Å². The van der Waals surface area contributed by atoms with Crippen molar-refractivity contribution in [3.05, 3.63) is 0 Å². The monoisotopic (exact) mass is 182 g/mol. The molecule has 0 spiro atoms. The zero-order chi connectivity index (χ0) is 7.78. The van der Waals surface area contributed by atoms with Crippen molar-refractivity contribution in [3.8, 4) is 0 Å². The molecule has 0 aromatic rings. The lowest BCUT2D eigenvalue weighted by Gasteiger charge is -1.99. The van der Waals surface area contributed by atoms with E-state index in [1.54, 1.807) is 6.92 Å². The van der Waals surface area contributed by atoms with Gasteiger partial charge >= 0.3 is 5.97 Å².